The second kappa shape index (κ2) is 9.99. The summed E-state index contributed by atoms with van der Waals surface area (Å²) in [6.45, 7) is 1.95. The molecule has 1 aliphatic heterocycles. The topological polar surface area (TPSA) is 110 Å². The zero-order valence-corrected chi connectivity index (χ0v) is 20.3. The fourth-order valence-corrected chi connectivity index (χ4v) is 5.56. The lowest BCUT2D eigenvalue weighted by Gasteiger charge is -2.24. The van der Waals surface area contributed by atoms with Crippen molar-refractivity contribution in [3.63, 3.8) is 0 Å². The summed E-state index contributed by atoms with van der Waals surface area (Å²) in [5, 5.41) is 5.33. The van der Waals surface area contributed by atoms with Crippen LogP contribution in [-0.2, 0) is 16.3 Å². The molecule has 3 aromatic rings. The highest BCUT2D eigenvalue weighted by Gasteiger charge is 2.38. The summed E-state index contributed by atoms with van der Waals surface area (Å²) in [5.41, 5.74) is 1.99. The zero-order chi connectivity index (χ0) is 24.3. The van der Waals surface area contributed by atoms with Gasteiger partial charge in [0, 0.05) is 23.7 Å². The molecule has 1 saturated heterocycles. The Morgan fingerprint density at radius 2 is 1.85 bits per heavy atom. The third-order valence-corrected chi connectivity index (χ3v) is 7.59. The molecule has 3 unspecified atom stereocenters. The Kier molecular flexibility index (Phi) is 7.04. The normalized spacial score (nSPS) is 18.7. The van der Waals surface area contributed by atoms with Gasteiger partial charge in [-0.15, -0.1) is 0 Å². The van der Waals surface area contributed by atoms with Crippen molar-refractivity contribution in [1.82, 2.24) is 20.6 Å². The van der Waals surface area contributed by atoms with Crippen LogP contribution in [0.15, 0.2) is 60.9 Å². The predicted octanol–water partition coefficient (Wildman–Crippen LogP) is 4.38. The van der Waals surface area contributed by atoms with Gasteiger partial charge in [-0.1, -0.05) is 48.9 Å². The van der Waals surface area contributed by atoms with E-state index in [9.17, 15) is 13.2 Å². The van der Waals surface area contributed by atoms with Crippen LogP contribution in [0.2, 0.25) is 5.02 Å². The van der Waals surface area contributed by atoms with Gasteiger partial charge in [-0.3, -0.25) is 4.98 Å². The van der Waals surface area contributed by atoms with Gasteiger partial charge in [-0.2, -0.15) is 0 Å². The van der Waals surface area contributed by atoms with Crippen molar-refractivity contribution in [1.29, 1.82) is 0 Å². The average molecular weight is 501 g/mol. The van der Waals surface area contributed by atoms with E-state index >= 15 is 0 Å². The molecule has 34 heavy (non-hydrogen) atoms. The molecule has 2 amide bonds. The van der Waals surface area contributed by atoms with E-state index in [1.807, 2.05) is 19.1 Å². The number of benzene rings is 2. The van der Waals surface area contributed by atoms with Crippen LogP contribution in [0, 0.1) is 0 Å². The molecular weight excluding hydrogens is 476 g/mol. The van der Waals surface area contributed by atoms with Crippen molar-refractivity contribution in [2.24, 2.45) is 0 Å². The SMILES string of the molecule is CCc1nccnc1Oc1cccc(C(CC2NC(=O)NC2c2ccccc2Cl)S(C)(=O)=O)c1. The summed E-state index contributed by atoms with van der Waals surface area (Å²) < 4.78 is 31.6. The van der Waals surface area contributed by atoms with Gasteiger partial charge in [0.2, 0.25) is 5.88 Å². The van der Waals surface area contributed by atoms with Gasteiger partial charge in [0.1, 0.15) is 11.4 Å². The van der Waals surface area contributed by atoms with Crippen LogP contribution in [0.25, 0.3) is 0 Å². The van der Waals surface area contributed by atoms with Crippen LogP contribution in [0.3, 0.4) is 0 Å². The Labute approximate surface area is 203 Å². The molecular formula is C24H25ClN4O4S. The van der Waals surface area contributed by atoms with Gasteiger partial charge in [0.15, 0.2) is 9.84 Å². The molecule has 2 N–H and O–H groups in total. The molecule has 1 aromatic heterocycles. The van der Waals surface area contributed by atoms with E-state index in [4.69, 9.17) is 16.3 Å². The van der Waals surface area contributed by atoms with E-state index in [1.54, 1.807) is 48.8 Å². The van der Waals surface area contributed by atoms with Crippen LogP contribution in [0.5, 0.6) is 11.6 Å². The molecule has 3 atom stereocenters. The van der Waals surface area contributed by atoms with E-state index < -0.39 is 27.2 Å². The number of hydrogen-bond acceptors (Lipinski definition) is 6. The van der Waals surface area contributed by atoms with Crippen LogP contribution in [0.1, 0.15) is 41.5 Å². The molecule has 0 spiro atoms. The van der Waals surface area contributed by atoms with E-state index in [0.717, 1.165) is 5.56 Å². The summed E-state index contributed by atoms with van der Waals surface area (Å²) in [6.07, 6.45) is 5.14. The van der Waals surface area contributed by atoms with Crippen molar-refractivity contribution in [2.75, 3.05) is 6.26 Å². The third-order valence-electron chi connectivity index (χ3n) is 5.75. The molecule has 1 aliphatic rings. The monoisotopic (exact) mass is 500 g/mol. The lowest BCUT2D eigenvalue weighted by Crippen LogP contribution is -2.31. The number of carbonyl (C=O) groups excluding carboxylic acids is 1. The highest BCUT2D eigenvalue weighted by Crippen LogP contribution is 2.36. The van der Waals surface area contributed by atoms with Crippen molar-refractivity contribution < 1.29 is 17.9 Å². The van der Waals surface area contributed by atoms with Crippen LogP contribution in [0.4, 0.5) is 4.79 Å². The number of sulfone groups is 1. The van der Waals surface area contributed by atoms with Crippen molar-refractivity contribution in [3.05, 3.63) is 82.8 Å². The first kappa shape index (κ1) is 24.0. The second-order valence-electron chi connectivity index (χ2n) is 8.11. The number of carbonyl (C=O) groups is 1. The number of nitrogens with zero attached hydrogens (tertiary/aromatic N) is 2. The second-order valence-corrected chi connectivity index (χ2v) is 10.7. The van der Waals surface area contributed by atoms with Gasteiger partial charge in [0.05, 0.1) is 17.3 Å². The lowest BCUT2D eigenvalue weighted by atomic mass is 9.95. The number of nitrogens with one attached hydrogen (secondary N) is 2. The van der Waals surface area contributed by atoms with Crippen LogP contribution >= 0.6 is 11.6 Å². The maximum Gasteiger partial charge on any atom is 0.315 e. The Morgan fingerprint density at radius 3 is 2.59 bits per heavy atom. The molecule has 0 radical (unpaired) electrons. The van der Waals surface area contributed by atoms with Crippen LogP contribution in [-0.4, -0.2) is 36.7 Å². The molecule has 0 saturated carbocycles. The molecule has 4 rings (SSSR count). The fraction of sp³-hybridized carbons (Fsp3) is 0.292. The van der Waals surface area contributed by atoms with Gasteiger partial charge in [0.25, 0.3) is 0 Å². The van der Waals surface area contributed by atoms with E-state index in [-0.39, 0.29) is 12.5 Å². The van der Waals surface area contributed by atoms with Crippen LogP contribution < -0.4 is 15.4 Å². The van der Waals surface area contributed by atoms with E-state index in [1.165, 1.54) is 6.26 Å². The van der Waals surface area contributed by atoms with Crippen molar-refractivity contribution in [2.45, 2.75) is 37.1 Å². The molecule has 2 heterocycles. The van der Waals surface area contributed by atoms with E-state index in [2.05, 4.69) is 20.6 Å². The lowest BCUT2D eigenvalue weighted by molar-refractivity contribution is 0.247. The van der Waals surface area contributed by atoms with Gasteiger partial charge in [-0.05, 0) is 42.2 Å². The number of rotatable bonds is 8. The smallest absolute Gasteiger partial charge is 0.315 e. The van der Waals surface area contributed by atoms with Gasteiger partial charge in [-0.25, -0.2) is 18.2 Å². The number of halogens is 1. The molecule has 0 aliphatic carbocycles. The molecule has 8 nitrogen and oxygen atoms in total. The average Bonchev–Trinajstić information content (AvgIpc) is 3.17. The molecule has 178 valence electrons. The van der Waals surface area contributed by atoms with E-state index in [0.29, 0.717) is 34.3 Å². The number of aryl methyl sites for hydroxylation is 1. The summed E-state index contributed by atoms with van der Waals surface area (Å²) in [4.78, 5) is 20.7. The standard InChI is InChI=1S/C24H25ClN4O4S/c1-3-19-23(27-12-11-26-19)33-16-8-6-7-15(13-16)21(34(2,31)32)14-20-22(29-24(30)28-20)17-9-4-5-10-18(17)25/h4-13,20-22H,3,14H2,1-2H3,(H2,28,29,30). The number of urea groups is 1. The summed E-state index contributed by atoms with van der Waals surface area (Å²) >= 11 is 6.36. The number of ether oxygens (including phenoxy) is 1. The highest BCUT2D eigenvalue weighted by atomic mass is 35.5. The fourth-order valence-electron chi connectivity index (χ4n) is 4.11. The largest absolute Gasteiger partial charge is 0.437 e. The molecule has 2 aromatic carbocycles. The minimum absolute atomic E-state index is 0.155. The number of amides is 2. The zero-order valence-electron chi connectivity index (χ0n) is 18.7. The van der Waals surface area contributed by atoms with Gasteiger partial charge >= 0.3 is 6.03 Å². The Hall–Kier alpha value is -3.17. The quantitative estimate of drug-likeness (QED) is 0.475. The first-order chi connectivity index (χ1) is 16.3. The van der Waals surface area contributed by atoms with Crippen molar-refractivity contribution in [3.8, 4) is 11.6 Å². The Morgan fingerprint density at radius 1 is 1.09 bits per heavy atom. The highest BCUT2D eigenvalue weighted by molar-refractivity contribution is 7.90. The molecule has 1 fully saturated rings. The van der Waals surface area contributed by atoms with Gasteiger partial charge < -0.3 is 15.4 Å². The third kappa shape index (κ3) is 5.31. The maximum atomic E-state index is 12.9. The summed E-state index contributed by atoms with van der Waals surface area (Å²) in [6, 6.07) is 12.8. The molecule has 10 heteroatoms. The molecule has 0 bridgehead atoms. The van der Waals surface area contributed by atoms with Crippen molar-refractivity contribution >= 4 is 27.5 Å². The number of hydrogen-bond donors (Lipinski definition) is 2. The Balaban J connectivity index is 1.64. The Bertz CT molecular complexity index is 1300. The minimum atomic E-state index is -3.54. The number of aromatic nitrogens is 2. The maximum absolute atomic E-state index is 12.9. The minimum Gasteiger partial charge on any atom is -0.437 e. The predicted molar refractivity (Wildman–Crippen MR) is 130 cm³/mol. The summed E-state index contributed by atoms with van der Waals surface area (Å²) in [7, 11) is -3.54. The first-order valence-corrected chi connectivity index (χ1v) is 13.2. The first-order valence-electron chi connectivity index (χ1n) is 10.8. The summed E-state index contributed by atoms with van der Waals surface area (Å²) in [5.74, 6) is 0.835.